The van der Waals surface area contributed by atoms with Crippen molar-refractivity contribution in [2.24, 2.45) is 5.92 Å². The van der Waals surface area contributed by atoms with Gasteiger partial charge in [-0.05, 0) is 31.7 Å². The van der Waals surface area contributed by atoms with Gasteiger partial charge in [0.1, 0.15) is 6.10 Å². The molecule has 2 rings (SSSR count). The zero-order chi connectivity index (χ0) is 17.5. The maximum atomic E-state index is 11.5. The lowest BCUT2D eigenvalue weighted by Crippen LogP contribution is -2.28. The number of pyridine rings is 1. The molecule has 1 aliphatic carbocycles. The number of ether oxygens (including phenoxy) is 3. The van der Waals surface area contributed by atoms with Crippen LogP contribution in [-0.4, -0.2) is 43.2 Å². The summed E-state index contributed by atoms with van der Waals surface area (Å²) in [5.74, 6) is -1.64. The third-order valence-corrected chi connectivity index (χ3v) is 3.86. The summed E-state index contributed by atoms with van der Waals surface area (Å²) in [5.41, 5.74) is 0.368. The van der Waals surface area contributed by atoms with Crippen molar-refractivity contribution in [1.82, 2.24) is 4.98 Å². The van der Waals surface area contributed by atoms with E-state index in [1.54, 1.807) is 12.1 Å². The van der Waals surface area contributed by atoms with E-state index in [-0.39, 0.29) is 18.0 Å². The molecule has 0 spiro atoms. The van der Waals surface area contributed by atoms with Gasteiger partial charge in [0.05, 0.1) is 32.0 Å². The number of aromatic nitrogens is 1. The van der Waals surface area contributed by atoms with E-state index in [0.717, 1.165) is 32.8 Å². The summed E-state index contributed by atoms with van der Waals surface area (Å²) in [4.78, 5) is 38.0. The maximum absolute atomic E-state index is 11.5. The monoisotopic (exact) mass is 336 g/mol. The molecule has 1 heterocycles. The highest BCUT2D eigenvalue weighted by Gasteiger charge is 2.28. The number of anilines is 1. The standard InChI is InChI=1S/C16H20N2O6/c1-22-15(20)10-3-6-12(7-4-10)24-13-8-5-11(9-17-13)18-14(19)16(21)23-2/h5,8-10,12H,3-4,6-7H2,1-2H3,(H,18,19)/t10-,12+. The zero-order valence-electron chi connectivity index (χ0n) is 13.6. The van der Waals surface area contributed by atoms with E-state index in [4.69, 9.17) is 9.47 Å². The normalized spacial score (nSPS) is 19.9. The minimum atomic E-state index is -0.974. The zero-order valence-corrected chi connectivity index (χ0v) is 13.6. The highest BCUT2D eigenvalue weighted by molar-refractivity contribution is 6.37. The Morgan fingerprint density at radius 3 is 2.33 bits per heavy atom. The van der Waals surface area contributed by atoms with E-state index in [9.17, 15) is 14.4 Å². The van der Waals surface area contributed by atoms with Crippen molar-refractivity contribution < 1.29 is 28.6 Å². The molecule has 0 radical (unpaired) electrons. The Kier molecular flexibility index (Phi) is 6.11. The van der Waals surface area contributed by atoms with Gasteiger partial charge in [-0.1, -0.05) is 0 Å². The molecule has 1 fully saturated rings. The number of carbonyl (C=O) groups excluding carboxylic acids is 3. The molecular formula is C16H20N2O6. The van der Waals surface area contributed by atoms with Gasteiger partial charge in [0.15, 0.2) is 0 Å². The smallest absolute Gasteiger partial charge is 0.396 e. The molecule has 1 aromatic rings. The van der Waals surface area contributed by atoms with Gasteiger partial charge in [0.25, 0.3) is 0 Å². The Morgan fingerprint density at radius 1 is 1.08 bits per heavy atom. The van der Waals surface area contributed by atoms with Gasteiger partial charge in [-0.2, -0.15) is 0 Å². The first-order chi connectivity index (χ1) is 11.5. The Labute approximate surface area is 139 Å². The predicted molar refractivity (Wildman–Crippen MR) is 83.3 cm³/mol. The van der Waals surface area contributed by atoms with Gasteiger partial charge < -0.3 is 19.5 Å². The van der Waals surface area contributed by atoms with Crippen molar-refractivity contribution in [3.63, 3.8) is 0 Å². The SMILES string of the molecule is COC(=O)C(=O)Nc1ccc(O[C@H]2CC[C@@H](C(=O)OC)CC2)nc1. The first-order valence-electron chi connectivity index (χ1n) is 7.63. The molecule has 1 saturated carbocycles. The van der Waals surface area contributed by atoms with Gasteiger partial charge in [0.2, 0.25) is 5.88 Å². The number of nitrogens with zero attached hydrogens (tertiary/aromatic N) is 1. The Morgan fingerprint density at radius 2 is 1.79 bits per heavy atom. The molecule has 0 saturated heterocycles. The van der Waals surface area contributed by atoms with Crippen LogP contribution in [0.15, 0.2) is 18.3 Å². The molecule has 24 heavy (non-hydrogen) atoms. The Bertz CT molecular complexity index is 593. The highest BCUT2D eigenvalue weighted by atomic mass is 16.5. The van der Waals surface area contributed by atoms with E-state index in [1.165, 1.54) is 13.3 Å². The van der Waals surface area contributed by atoms with Crippen LogP contribution < -0.4 is 10.1 Å². The summed E-state index contributed by atoms with van der Waals surface area (Å²) in [6.45, 7) is 0. The lowest BCUT2D eigenvalue weighted by molar-refractivity contribution is -0.150. The van der Waals surface area contributed by atoms with Gasteiger partial charge >= 0.3 is 17.8 Å². The average molecular weight is 336 g/mol. The second-order valence-electron chi connectivity index (χ2n) is 5.45. The molecule has 8 nitrogen and oxygen atoms in total. The fourth-order valence-electron chi connectivity index (χ4n) is 2.55. The molecule has 0 bridgehead atoms. The number of rotatable bonds is 4. The van der Waals surface area contributed by atoms with Crippen LogP contribution in [0.25, 0.3) is 0 Å². The lowest BCUT2D eigenvalue weighted by Gasteiger charge is -2.27. The second kappa shape index (κ2) is 8.28. The molecule has 0 aromatic carbocycles. The number of methoxy groups -OCH3 is 2. The van der Waals surface area contributed by atoms with Crippen LogP contribution in [0, 0.1) is 5.92 Å². The molecule has 1 aromatic heterocycles. The van der Waals surface area contributed by atoms with Gasteiger partial charge in [0, 0.05) is 6.07 Å². The van der Waals surface area contributed by atoms with Crippen LogP contribution in [0.1, 0.15) is 25.7 Å². The van der Waals surface area contributed by atoms with Crippen molar-refractivity contribution in [1.29, 1.82) is 0 Å². The van der Waals surface area contributed by atoms with Crippen molar-refractivity contribution in [2.45, 2.75) is 31.8 Å². The molecule has 1 N–H and O–H groups in total. The number of hydrogen-bond donors (Lipinski definition) is 1. The molecule has 8 heteroatoms. The van der Waals surface area contributed by atoms with Crippen LogP contribution in [0.3, 0.4) is 0 Å². The second-order valence-corrected chi connectivity index (χ2v) is 5.45. The van der Waals surface area contributed by atoms with Crippen LogP contribution in [0.2, 0.25) is 0 Å². The fourth-order valence-corrected chi connectivity index (χ4v) is 2.55. The van der Waals surface area contributed by atoms with E-state index in [0.29, 0.717) is 11.6 Å². The Hall–Kier alpha value is -2.64. The third-order valence-electron chi connectivity index (χ3n) is 3.86. The lowest BCUT2D eigenvalue weighted by atomic mass is 9.87. The van der Waals surface area contributed by atoms with E-state index in [2.05, 4.69) is 15.0 Å². The molecule has 0 atom stereocenters. The number of nitrogens with one attached hydrogen (secondary N) is 1. The largest absolute Gasteiger partial charge is 0.474 e. The van der Waals surface area contributed by atoms with E-state index < -0.39 is 11.9 Å². The number of esters is 2. The van der Waals surface area contributed by atoms with Gasteiger partial charge in [-0.25, -0.2) is 9.78 Å². The first-order valence-corrected chi connectivity index (χ1v) is 7.63. The van der Waals surface area contributed by atoms with Crippen molar-refractivity contribution in [2.75, 3.05) is 19.5 Å². The first kappa shape index (κ1) is 17.7. The fraction of sp³-hybridized carbons (Fsp3) is 0.500. The van der Waals surface area contributed by atoms with Gasteiger partial charge in [-0.3, -0.25) is 9.59 Å². The van der Waals surface area contributed by atoms with E-state index >= 15 is 0 Å². The molecule has 130 valence electrons. The van der Waals surface area contributed by atoms with Crippen LogP contribution >= 0.6 is 0 Å². The molecule has 0 unspecified atom stereocenters. The topological polar surface area (TPSA) is 104 Å². The molecule has 0 aliphatic heterocycles. The minimum Gasteiger partial charge on any atom is -0.474 e. The summed E-state index contributed by atoms with van der Waals surface area (Å²) in [6, 6.07) is 3.20. The van der Waals surface area contributed by atoms with Crippen molar-refractivity contribution >= 4 is 23.5 Å². The summed E-state index contributed by atoms with van der Waals surface area (Å²) >= 11 is 0. The Balaban J connectivity index is 1.83. The predicted octanol–water partition coefficient (Wildman–Crippen LogP) is 1.30. The summed E-state index contributed by atoms with van der Waals surface area (Å²) in [7, 11) is 2.53. The summed E-state index contributed by atoms with van der Waals surface area (Å²) in [6.07, 6.45) is 4.35. The maximum Gasteiger partial charge on any atom is 0.396 e. The molecular weight excluding hydrogens is 316 g/mol. The van der Waals surface area contributed by atoms with Crippen molar-refractivity contribution in [3.8, 4) is 5.88 Å². The van der Waals surface area contributed by atoms with Crippen LogP contribution in [-0.2, 0) is 23.9 Å². The van der Waals surface area contributed by atoms with Gasteiger partial charge in [-0.15, -0.1) is 0 Å². The average Bonchev–Trinajstić information content (AvgIpc) is 2.62. The molecule has 1 amide bonds. The minimum absolute atomic E-state index is 0.00563. The highest BCUT2D eigenvalue weighted by Crippen LogP contribution is 2.28. The van der Waals surface area contributed by atoms with Crippen molar-refractivity contribution in [3.05, 3.63) is 18.3 Å². The number of hydrogen-bond acceptors (Lipinski definition) is 7. The summed E-state index contributed by atoms with van der Waals surface area (Å²) in [5, 5.41) is 2.37. The van der Waals surface area contributed by atoms with E-state index in [1.807, 2.05) is 0 Å². The summed E-state index contributed by atoms with van der Waals surface area (Å²) < 4.78 is 14.8. The van der Waals surface area contributed by atoms with Crippen LogP contribution in [0.5, 0.6) is 5.88 Å². The quantitative estimate of drug-likeness (QED) is 0.653. The number of amides is 1. The third kappa shape index (κ3) is 4.68. The number of carbonyl (C=O) groups is 3. The molecule has 1 aliphatic rings. The van der Waals surface area contributed by atoms with Crippen LogP contribution in [0.4, 0.5) is 5.69 Å².